The van der Waals surface area contributed by atoms with E-state index in [1.165, 1.54) is 0 Å². The van der Waals surface area contributed by atoms with Gasteiger partial charge in [0.15, 0.2) is 0 Å². The highest BCUT2D eigenvalue weighted by Crippen LogP contribution is 2.27. The monoisotopic (exact) mass is 348 g/mol. The molecule has 4 heteroatoms. The zero-order valence-electron chi connectivity index (χ0n) is 15.1. The number of aromatic hydroxyl groups is 2. The van der Waals surface area contributed by atoms with Crippen LogP contribution in [0.1, 0.15) is 22.3 Å². The second-order valence-corrected chi connectivity index (χ2v) is 6.42. The summed E-state index contributed by atoms with van der Waals surface area (Å²) in [4.78, 5) is 0. The molecule has 3 aromatic rings. The molecule has 0 spiro atoms. The van der Waals surface area contributed by atoms with Gasteiger partial charge in [0.1, 0.15) is 11.5 Å². The molecule has 0 saturated carbocycles. The molecule has 0 aliphatic heterocycles. The highest BCUT2D eigenvalue weighted by Gasteiger charge is 2.07. The molecule has 4 nitrogen and oxygen atoms in total. The molecule has 0 heterocycles. The van der Waals surface area contributed by atoms with Gasteiger partial charge < -0.3 is 20.8 Å². The summed E-state index contributed by atoms with van der Waals surface area (Å²) in [7, 11) is 0. The van der Waals surface area contributed by atoms with Crippen LogP contribution < -0.4 is 10.6 Å². The zero-order chi connectivity index (χ0) is 18.5. The smallest absolute Gasteiger partial charge is 0.123 e. The lowest BCUT2D eigenvalue weighted by Gasteiger charge is -2.15. The average Bonchev–Trinajstić information content (AvgIpc) is 2.65. The standard InChI is InChI=1S/C22H24N2O2/c1-15-7-5-9-17(21(15)25)13-23-19-11-3-4-12-20(19)24-14-18-10-6-8-16(2)22(18)26/h3-12,23-26H,13-14H2,1-2H3. The first kappa shape index (κ1) is 17.7. The van der Waals surface area contributed by atoms with Crippen molar-refractivity contribution in [2.24, 2.45) is 0 Å². The Morgan fingerprint density at radius 3 is 1.46 bits per heavy atom. The first-order valence-electron chi connectivity index (χ1n) is 8.68. The number of hydrogen-bond donors (Lipinski definition) is 4. The summed E-state index contributed by atoms with van der Waals surface area (Å²) >= 11 is 0. The number of hydrogen-bond acceptors (Lipinski definition) is 4. The number of phenols is 2. The lowest BCUT2D eigenvalue weighted by Crippen LogP contribution is -2.06. The van der Waals surface area contributed by atoms with Crippen LogP contribution in [0.3, 0.4) is 0 Å². The van der Waals surface area contributed by atoms with Crippen LogP contribution in [-0.2, 0) is 13.1 Å². The van der Waals surface area contributed by atoms with Crippen molar-refractivity contribution in [3.05, 3.63) is 82.9 Å². The first-order chi connectivity index (χ1) is 12.6. The van der Waals surface area contributed by atoms with Crippen molar-refractivity contribution in [2.75, 3.05) is 10.6 Å². The van der Waals surface area contributed by atoms with Gasteiger partial charge in [0.05, 0.1) is 11.4 Å². The minimum atomic E-state index is 0.329. The van der Waals surface area contributed by atoms with E-state index in [1.54, 1.807) is 0 Å². The van der Waals surface area contributed by atoms with Crippen LogP contribution in [-0.4, -0.2) is 10.2 Å². The van der Waals surface area contributed by atoms with Crippen LogP contribution >= 0.6 is 0 Å². The summed E-state index contributed by atoms with van der Waals surface area (Å²) < 4.78 is 0. The second-order valence-electron chi connectivity index (χ2n) is 6.42. The molecular formula is C22H24N2O2. The van der Waals surface area contributed by atoms with E-state index in [9.17, 15) is 10.2 Å². The Morgan fingerprint density at radius 2 is 1.04 bits per heavy atom. The number of benzene rings is 3. The number of para-hydroxylation sites is 4. The van der Waals surface area contributed by atoms with Crippen LogP contribution in [0, 0.1) is 13.8 Å². The summed E-state index contributed by atoms with van der Waals surface area (Å²) in [6.45, 7) is 4.84. The van der Waals surface area contributed by atoms with Gasteiger partial charge >= 0.3 is 0 Å². The summed E-state index contributed by atoms with van der Waals surface area (Å²) in [5, 5.41) is 27.1. The van der Waals surface area contributed by atoms with Crippen LogP contribution in [0.2, 0.25) is 0 Å². The van der Waals surface area contributed by atoms with Gasteiger partial charge in [-0.25, -0.2) is 0 Å². The molecule has 0 radical (unpaired) electrons. The largest absolute Gasteiger partial charge is 0.507 e. The van der Waals surface area contributed by atoms with E-state index in [0.717, 1.165) is 33.6 Å². The van der Waals surface area contributed by atoms with E-state index in [1.807, 2.05) is 74.5 Å². The third kappa shape index (κ3) is 3.91. The van der Waals surface area contributed by atoms with E-state index in [2.05, 4.69) is 10.6 Å². The molecule has 134 valence electrons. The van der Waals surface area contributed by atoms with Gasteiger partial charge in [0.2, 0.25) is 0 Å². The Hall–Kier alpha value is -3.14. The number of phenolic OH excluding ortho intramolecular Hbond substituents is 2. The van der Waals surface area contributed by atoms with E-state index in [4.69, 9.17) is 0 Å². The highest BCUT2D eigenvalue weighted by atomic mass is 16.3. The highest BCUT2D eigenvalue weighted by molar-refractivity contribution is 5.69. The zero-order valence-corrected chi connectivity index (χ0v) is 15.1. The SMILES string of the molecule is Cc1cccc(CNc2ccccc2NCc2cccc(C)c2O)c1O. The Balaban J connectivity index is 1.72. The van der Waals surface area contributed by atoms with Gasteiger partial charge in [-0.05, 0) is 37.1 Å². The number of nitrogens with one attached hydrogen (secondary N) is 2. The van der Waals surface area contributed by atoms with Crippen LogP contribution in [0.15, 0.2) is 60.7 Å². The molecule has 0 fully saturated rings. The third-order valence-electron chi connectivity index (χ3n) is 4.51. The van der Waals surface area contributed by atoms with E-state index >= 15 is 0 Å². The first-order valence-corrected chi connectivity index (χ1v) is 8.68. The predicted molar refractivity (Wildman–Crippen MR) is 107 cm³/mol. The maximum Gasteiger partial charge on any atom is 0.123 e. The fourth-order valence-corrected chi connectivity index (χ4v) is 2.90. The molecule has 3 rings (SSSR count). The van der Waals surface area contributed by atoms with Gasteiger partial charge in [0.25, 0.3) is 0 Å². The minimum absolute atomic E-state index is 0.329. The number of rotatable bonds is 6. The third-order valence-corrected chi connectivity index (χ3v) is 4.51. The summed E-state index contributed by atoms with van der Waals surface area (Å²) in [6, 6.07) is 19.4. The van der Waals surface area contributed by atoms with E-state index < -0.39 is 0 Å². The fourth-order valence-electron chi connectivity index (χ4n) is 2.90. The second kappa shape index (κ2) is 7.83. The molecule has 0 atom stereocenters. The van der Waals surface area contributed by atoms with Crippen molar-refractivity contribution < 1.29 is 10.2 Å². The Kier molecular flexibility index (Phi) is 5.32. The van der Waals surface area contributed by atoms with Crippen LogP contribution in [0.4, 0.5) is 11.4 Å². The summed E-state index contributed by atoms with van der Waals surface area (Å²) in [6.07, 6.45) is 0. The molecule has 0 bridgehead atoms. The maximum absolute atomic E-state index is 10.2. The van der Waals surface area contributed by atoms with Crippen molar-refractivity contribution in [3.63, 3.8) is 0 Å². The topological polar surface area (TPSA) is 64.5 Å². The molecule has 3 aromatic carbocycles. The average molecular weight is 348 g/mol. The van der Waals surface area contributed by atoms with Gasteiger partial charge in [-0.3, -0.25) is 0 Å². The van der Waals surface area contributed by atoms with Crippen molar-refractivity contribution in [2.45, 2.75) is 26.9 Å². The van der Waals surface area contributed by atoms with Crippen LogP contribution in [0.5, 0.6) is 11.5 Å². The van der Waals surface area contributed by atoms with Gasteiger partial charge in [-0.1, -0.05) is 48.5 Å². The van der Waals surface area contributed by atoms with Crippen molar-refractivity contribution in [1.29, 1.82) is 0 Å². The molecule has 0 aliphatic rings. The molecule has 0 unspecified atom stereocenters. The van der Waals surface area contributed by atoms with E-state index in [0.29, 0.717) is 24.6 Å². The molecule has 4 N–H and O–H groups in total. The van der Waals surface area contributed by atoms with Crippen LogP contribution in [0.25, 0.3) is 0 Å². The quantitative estimate of drug-likeness (QED) is 0.509. The predicted octanol–water partition coefficient (Wildman–Crippen LogP) is 4.94. The Labute approximate surface area is 154 Å². The van der Waals surface area contributed by atoms with Gasteiger partial charge in [-0.15, -0.1) is 0 Å². The van der Waals surface area contributed by atoms with Gasteiger partial charge in [-0.2, -0.15) is 0 Å². The van der Waals surface area contributed by atoms with E-state index in [-0.39, 0.29) is 0 Å². The number of aryl methyl sites for hydroxylation is 2. The maximum atomic E-state index is 10.2. The minimum Gasteiger partial charge on any atom is -0.507 e. The summed E-state index contributed by atoms with van der Waals surface area (Å²) in [5.74, 6) is 0.658. The summed E-state index contributed by atoms with van der Waals surface area (Å²) in [5.41, 5.74) is 5.34. The van der Waals surface area contributed by atoms with Crippen molar-refractivity contribution in [3.8, 4) is 11.5 Å². The molecular weight excluding hydrogens is 324 g/mol. The van der Waals surface area contributed by atoms with Crippen molar-refractivity contribution in [1.82, 2.24) is 0 Å². The molecule has 0 aromatic heterocycles. The normalized spacial score (nSPS) is 10.5. The molecule has 0 aliphatic carbocycles. The van der Waals surface area contributed by atoms with Gasteiger partial charge in [0, 0.05) is 24.2 Å². The molecule has 0 saturated heterocycles. The van der Waals surface area contributed by atoms with Crippen molar-refractivity contribution >= 4 is 11.4 Å². The lowest BCUT2D eigenvalue weighted by molar-refractivity contribution is 0.464. The Morgan fingerprint density at radius 1 is 0.615 bits per heavy atom. The number of anilines is 2. The molecule has 26 heavy (non-hydrogen) atoms. The Bertz CT molecular complexity index is 832. The lowest BCUT2D eigenvalue weighted by atomic mass is 10.1. The molecule has 0 amide bonds. The fraction of sp³-hybridized carbons (Fsp3) is 0.182.